The number of alkyl halides is 1. The molecular weight excluding hydrogens is 343 g/mol. The van der Waals surface area contributed by atoms with Gasteiger partial charge in [-0.1, -0.05) is 15.9 Å². The van der Waals surface area contributed by atoms with Gasteiger partial charge in [-0.2, -0.15) is 0 Å². The first kappa shape index (κ1) is 15.7. The van der Waals surface area contributed by atoms with Gasteiger partial charge in [-0.05, 0) is 6.07 Å². The van der Waals surface area contributed by atoms with Crippen molar-refractivity contribution in [3.05, 3.63) is 32.3 Å². The summed E-state index contributed by atoms with van der Waals surface area (Å²) in [6, 6.07) is 2.42. The molecule has 1 unspecified atom stereocenters. The molecule has 9 heteroatoms. The molecule has 7 nitrogen and oxygen atoms in total. The summed E-state index contributed by atoms with van der Waals surface area (Å²) in [6.07, 6.45) is -0.938. The standard InChI is InChI=1S/C10H10BrClN2O5/c11-5-1-7(10(16)17)9(8(2-5)14(18)19)13-4-6(15)3-12/h1-2,6,13,15H,3-4H2,(H,16,17). The Morgan fingerprint density at radius 2 is 2.21 bits per heavy atom. The van der Waals surface area contributed by atoms with E-state index in [1.165, 1.54) is 12.1 Å². The maximum absolute atomic E-state index is 11.1. The highest BCUT2D eigenvalue weighted by Gasteiger charge is 2.23. The Bertz CT molecular complexity index is 476. The molecule has 1 aromatic rings. The molecule has 0 spiro atoms. The lowest BCUT2D eigenvalue weighted by atomic mass is 10.1. The summed E-state index contributed by atoms with van der Waals surface area (Å²) in [5, 5.41) is 31.8. The van der Waals surface area contributed by atoms with Crippen molar-refractivity contribution in [3.63, 3.8) is 0 Å². The summed E-state index contributed by atoms with van der Waals surface area (Å²) in [7, 11) is 0. The molecule has 0 heterocycles. The van der Waals surface area contributed by atoms with Crippen LogP contribution in [-0.2, 0) is 0 Å². The van der Waals surface area contributed by atoms with Crippen LogP contribution in [0.5, 0.6) is 0 Å². The Morgan fingerprint density at radius 1 is 1.58 bits per heavy atom. The zero-order valence-corrected chi connectivity index (χ0v) is 11.8. The Morgan fingerprint density at radius 3 is 2.68 bits per heavy atom. The fraction of sp³-hybridized carbons (Fsp3) is 0.300. The summed E-state index contributed by atoms with van der Waals surface area (Å²) in [5.41, 5.74) is -0.818. The van der Waals surface area contributed by atoms with Crippen LogP contribution in [-0.4, -0.2) is 39.6 Å². The van der Waals surface area contributed by atoms with Crippen LogP contribution < -0.4 is 5.32 Å². The summed E-state index contributed by atoms with van der Waals surface area (Å²) < 4.78 is 0.278. The number of aliphatic hydroxyl groups excluding tert-OH is 1. The minimum atomic E-state index is -1.31. The Kier molecular flexibility index (Phi) is 5.52. The number of nitro groups is 1. The number of anilines is 1. The van der Waals surface area contributed by atoms with Gasteiger partial charge in [0, 0.05) is 17.1 Å². The van der Waals surface area contributed by atoms with E-state index in [-0.39, 0.29) is 28.1 Å². The first-order chi connectivity index (χ1) is 8.86. The molecule has 0 aliphatic carbocycles. The minimum absolute atomic E-state index is 0.0697. The van der Waals surface area contributed by atoms with Gasteiger partial charge in [0.2, 0.25) is 0 Å². The van der Waals surface area contributed by atoms with Crippen LogP contribution in [0.4, 0.5) is 11.4 Å². The number of hydrogen-bond donors (Lipinski definition) is 3. The molecule has 1 rings (SSSR count). The second-order valence-electron chi connectivity index (χ2n) is 3.60. The first-order valence-electron chi connectivity index (χ1n) is 5.06. The van der Waals surface area contributed by atoms with Gasteiger partial charge in [0.1, 0.15) is 5.69 Å². The molecule has 1 atom stereocenters. The quantitative estimate of drug-likeness (QED) is 0.410. The van der Waals surface area contributed by atoms with Crippen LogP contribution in [0.2, 0.25) is 0 Å². The van der Waals surface area contributed by atoms with Gasteiger partial charge in [0.25, 0.3) is 5.69 Å². The Labute approximate surface area is 121 Å². The molecule has 0 fully saturated rings. The van der Waals surface area contributed by atoms with E-state index in [4.69, 9.17) is 16.7 Å². The van der Waals surface area contributed by atoms with Crippen molar-refractivity contribution in [1.29, 1.82) is 0 Å². The van der Waals surface area contributed by atoms with Crippen LogP contribution >= 0.6 is 27.5 Å². The largest absolute Gasteiger partial charge is 0.478 e. The maximum Gasteiger partial charge on any atom is 0.338 e. The third-order valence-corrected chi connectivity index (χ3v) is 3.02. The van der Waals surface area contributed by atoms with Gasteiger partial charge in [0.05, 0.1) is 22.5 Å². The van der Waals surface area contributed by atoms with Crippen molar-refractivity contribution >= 4 is 44.9 Å². The molecule has 0 radical (unpaired) electrons. The smallest absolute Gasteiger partial charge is 0.338 e. The number of halogens is 2. The van der Waals surface area contributed by atoms with E-state index in [1.54, 1.807) is 0 Å². The topological polar surface area (TPSA) is 113 Å². The van der Waals surface area contributed by atoms with Gasteiger partial charge >= 0.3 is 5.97 Å². The monoisotopic (exact) mass is 352 g/mol. The third-order valence-electron chi connectivity index (χ3n) is 2.20. The van der Waals surface area contributed by atoms with E-state index in [1.807, 2.05) is 0 Å². The number of nitro benzene ring substituents is 1. The Balaban J connectivity index is 3.23. The molecule has 0 amide bonds. The highest BCUT2D eigenvalue weighted by molar-refractivity contribution is 9.10. The van der Waals surface area contributed by atoms with Crippen molar-refractivity contribution in [2.24, 2.45) is 0 Å². The normalized spacial score (nSPS) is 11.9. The average molecular weight is 354 g/mol. The lowest BCUT2D eigenvalue weighted by Crippen LogP contribution is -2.22. The maximum atomic E-state index is 11.1. The van der Waals surface area contributed by atoms with E-state index in [9.17, 15) is 20.0 Å². The van der Waals surface area contributed by atoms with E-state index in [0.717, 1.165) is 0 Å². The summed E-state index contributed by atoms with van der Waals surface area (Å²) in [6.45, 7) is -0.0910. The van der Waals surface area contributed by atoms with Crippen LogP contribution in [0, 0.1) is 10.1 Å². The highest BCUT2D eigenvalue weighted by atomic mass is 79.9. The second kappa shape index (κ2) is 6.69. The van der Waals surface area contributed by atoms with Gasteiger partial charge in [0.15, 0.2) is 0 Å². The summed E-state index contributed by atoms with van der Waals surface area (Å²) in [5.74, 6) is -1.38. The number of aliphatic hydroxyl groups is 1. The predicted molar refractivity (Wildman–Crippen MR) is 73.0 cm³/mol. The summed E-state index contributed by atoms with van der Waals surface area (Å²) in [4.78, 5) is 21.3. The SMILES string of the molecule is O=C(O)c1cc(Br)cc([N+](=O)[O-])c1NCC(O)CCl. The van der Waals surface area contributed by atoms with Gasteiger partial charge in [-0.3, -0.25) is 10.1 Å². The van der Waals surface area contributed by atoms with Crippen LogP contribution in [0.25, 0.3) is 0 Å². The molecule has 0 aromatic heterocycles. The molecule has 0 aliphatic heterocycles. The molecule has 3 N–H and O–H groups in total. The minimum Gasteiger partial charge on any atom is -0.478 e. The van der Waals surface area contributed by atoms with Crippen molar-refractivity contribution in [2.75, 3.05) is 17.7 Å². The lowest BCUT2D eigenvalue weighted by Gasteiger charge is -2.13. The van der Waals surface area contributed by atoms with Crippen LogP contribution in [0.15, 0.2) is 16.6 Å². The van der Waals surface area contributed by atoms with E-state index in [0.29, 0.717) is 0 Å². The van der Waals surface area contributed by atoms with E-state index in [2.05, 4.69) is 21.2 Å². The Hall–Kier alpha value is -1.38. The molecule has 0 bridgehead atoms. The number of carbonyl (C=O) groups is 1. The van der Waals surface area contributed by atoms with Crippen LogP contribution in [0.1, 0.15) is 10.4 Å². The highest BCUT2D eigenvalue weighted by Crippen LogP contribution is 2.32. The van der Waals surface area contributed by atoms with Gasteiger partial charge in [-0.25, -0.2) is 4.79 Å². The van der Waals surface area contributed by atoms with Crippen molar-refractivity contribution < 1.29 is 19.9 Å². The number of rotatable bonds is 6. The second-order valence-corrected chi connectivity index (χ2v) is 4.82. The van der Waals surface area contributed by atoms with Crippen molar-refractivity contribution in [1.82, 2.24) is 0 Å². The zero-order valence-electron chi connectivity index (χ0n) is 9.47. The van der Waals surface area contributed by atoms with Gasteiger partial charge < -0.3 is 15.5 Å². The molecular formula is C10H10BrClN2O5. The molecule has 0 saturated heterocycles. The molecule has 19 heavy (non-hydrogen) atoms. The fourth-order valence-corrected chi connectivity index (χ4v) is 1.92. The number of carboxylic acid groups (broad SMARTS) is 1. The number of aromatic carboxylic acids is 1. The van der Waals surface area contributed by atoms with Crippen molar-refractivity contribution in [2.45, 2.75) is 6.10 Å². The van der Waals surface area contributed by atoms with E-state index < -0.39 is 22.7 Å². The molecule has 0 aliphatic rings. The number of nitrogens with one attached hydrogen (secondary N) is 1. The number of nitrogens with zero attached hydrogens (tertiary/aromatic N) is 1. The fourth-order valence-electron chi connectivity index (χ4n) is 1.37. The number of carboxylic acids is 1. The number of hydrogen-bond acceptors (Lipinski definition) is 5. The average Bonchev–Trinajstić information content (AvgIpc) is 2.35. The first-order valence-corrected chi connectivity index (χ1v) is 6.38. The number of benzene rings is 1. The molecule has 0 saturated carbocycles. The predicted octanol–water partition coefficient (Wildman–Crippen LogP) is 2.07. The lowest BCUT2D eigenvalue weighted by molar-refractivity contribution is -0.384. The zero-order chi connectivity index (χ0) is 14.6. The van der Waals surface area contributed by atoms with Crippen LogP contribution in [0.3, 0.4) is 0 Å². The molecule has 104 valence electrons. The summed E-state index contributed by atoms with van der Waals surface area (Å²) >= 11 is 8.41. The molecule has 1 aromatic carbocycles. The van der Waals surface area contributed by atoms with E-state index >= 15 is 0 Å². The van der Waals surface area contributed by atoms with Gasteiger partial charge in [-0.15, -0.1) is 11.6 Å². The third kappa shape index (κ3) is 4.05. The van der Waals surface area contributed by atoms with Crippen molar-refractivity contribution in [3.8, 4) is 0 Å².